The molecule has 1 unspecified atom stereocenters. The standard InChI is InChI=1S/C30H31FN6O3/c31-25-15-20(17-32)1-2-21(25)7-12-36-13-8-26(34-36)22-5-10-35(11-6-22)19-29-33-27-4-3-23(30(38)39)16-28(27)37(29)18-24-9-14-40-24/h1-4,8,13,15-16,22,24H,5-7,9-12,14,18-19H2,(H,38,39). The summed E-state index contributed by atoms with van der Waals surface area (Å²) in [4.78, 5) is 18.8. The number of carboxylic acid groups (broad SMARTS) is 1. The van der Waals surface area contributed by atoms with Crippen molar-refractivity contribution in [2.45, 2.75) is 57.3 Å². The minimum Gasteiger partial charge on any atom is -0.478 e. The van der Waals surface area contributed by atoms with Crippen LogP contribution in [0.4, 0.5) is 4.39 Å². The van der Waals surface area contributed by atoms with E-state index in [9.17, 15) is 14.3 Å². The fourth-order valence-electron chi connectivity index (χ4n) is 5.62. The molecule has 4 heterocycles. The number of halogens is 1. The molecule has 2 aliphatic heterocycles. The molecule has 0 spiro atoms. The van der Waals surface area contributed by atoms with Gasteiger partial charge in [0.05, 0.1) is 53.1 Å². The molecule has 2 aliphatic rings. The van der Waals surface area contributed by atoms with Crippen LogP contribution in [-0.4, -0.2) is 61.1 Å². The van der Waals surface area contributed by atoms with Crippen molar-refractivity contribution in [3.63, 3.8) is 0 Å². The summed E-state index contributed by atoms with van der Waals surface area (Å²) in [6.07, 6.45) is 5.57. The minimum atomic E-state index is -0.943. The highest BCUT2D eigenvalue weighted by Crippen LogP contribution is 2.29. The van der Waals surface area contributed by atoms with Crippen LogP contribution in [0.2, 0.25) is 0 Å². The third-order valence-corrected chi connectivity index (χ3v) is 8.08. The second-order valence-electron chi connectivity index (χ2n) is 10.7. The van der Waals surface area contributed by atoms with Crippen LogP contribution in [0.5, 0.6) is 0 Å². The molecule has 2 aromatic heterocycles. The van der Waals surface area contributed by atoms with Gasteiger partial charge < -0.3 is 14.4 Å². The first-order chi connectivity index (χ1) is 19.5. The molecule has 40 heavy (non-hydrogen) atoms. The van der Waals surface area contributed by atoms with Gasteiger partial charge in [-0.2, -0.15) is 10.4 Å². The van der Waals surface area contributed by atoms with Crippen LogP contribution in [0.15, 0.2) is 48.7 Å². The number of aryl methyl sites for hydroxylation is 2. The number of hydrogen-bond acceptors (Lipinski definition) is 6. The van der Waals surface area contributed by atoms with Crippen LogP contribution in [0, 0.1) is 17.1 Å². The Hall–Kier alpha value is -4.07. The number of carbonyl (C=O) groups is 1. The summed E-state index contributed by atoms with van der Waals surface area (Å²) in [5.74, 6) is 0.00663. The van der Waals surface area contributed by atoms with Crippen molar-refractivity contribution in [2.24, 2.45) is 0 Å². The molecular weight excluding hydrogens is 511 g/mol. The molecule has 2 fully saturated rings. The molecule has 0 radical (unpaired) electrons. The van der Waals surface area contributed by atoms with Gasteiger partial charge in [-0.15, -0.1) is 0 Å². The molecule has 0 amide bonds. The summed E-state index contributed by atoms with van der Waals surface area (Å²) in [5.41, 5.74) is 3.88. The Morgan fingerprint density at radius 2 is 1.98 bits per heavy atom. The predicted molar refractivity (Wildman–Crippen MR) is 145 cm³/mol. The van der Waals surface area contributed by atoms with Crippen molar-refractivity contribution in [3.8, 4) is 6.07 Å². The molecule has 1 N–H and O–H groups in total. The van der Waals surface area contributed by atoms with Crippen LogP contribution in [0.1, 0.15) is 58.2 Å². The third kappa shape index (κ3) is 5.48. The molecule has 2 saturated heterocycles. The van der Waals surface area contributed by atoms with Crippen LogP contribution in [-0.2, 0) is 30.8 Å². The van der Waals surface area contributed by atoms with Gasteiger partial charge in [-0.1, -0.05) is 6.07 Å². The number of ether oxygens (including phenoxy) is 1. The molecule has 0 bridgehead atoms. The summed E-state index contributed by atoms with van der Waals surface area (Å²) >= 11 is 0. The van der Waals surface area contributed by atoms with Gasteiger partial charge in [-0.3, -0.25) is 9.58 Å². The number of nitrogens with zero attached hydrogens (tertiary/aromatic N) is 6. The minimum absolute atomic E-state index is 0.138. The average Bonchev–Trinajstić information content (AvgIpc) is 3.54. The number of benzene rings is 2. The van der Waals surface area contributed by atoms with Crippen LogP contribution >= 0.6 is 0 Å². The summed E-state index contributed by atoms with van der Waals surface area (Å²) in [6, 6.07) is 13.7. The third-order valence-electron chi connectivity index (χ3n) is 8.08. The van der Waals surface area contributed by atoms with Crippen LogP contribution in [0.3, 0.4) is 0 Å². The van der Waals surface area contributed by atoms with Crippen LogP contribution in [0.25, 0.3) is 11.0 Å². The smallest absolute Gasteiger partial charge is 0.335 e. The van der Waals surface area contributed by atoms with Gasteiger partial charge in [-0.25, -0.2) is 14.2 Å². The number of likely N-dealkylation sites (tertiary alicyclic amines) is 1. The summed E-state index contributed by atoms with van der Waals surface area (Å²) in [6.45, 7) is 4.54. The molecule has 9 nitrogen and oxygen atoms in total. The molecule has 6 rings (SSSR count). The lowest BCUT2D eigenvalue weighted by Gasteiger charge is -2.32. The van der Waals surface area contributed by atoms with Crippen molar-refractivity contribution in [1.29, 1.82) is 5.26 Å². The number of imidazole rings is 1. The maximum absolute atomic E-state index is 14.2. The highest BCUT2D eigenvalue weighted by Gasteiger charge is 2.26. The number of hydrogen-bond donors (Lipinski definition) is 1. The number of aromatic nitrogens is 4. The number of carboxylic acids is 1. The second-order valence-corrected chi connectivity index (χ2v) is 10.7. The first-order valence-corrected chi connectivity index (χ1v) is 13.7. The zero-order valence-electron chi connectivity index (χ0n) is 22.2. The Kier molecular flexibility index (Phi) is 7.32. The molecule has 4 aromatic rings. The Balaban J connectivity index is 1.08. The van der Waals surface area contributed by atoms with E-state index in [-0.39, 0.29) is 17.5 Å². The van der Waals surface area contributed by atoms with Gasteiger partial charge >= 0.3 is 5.97 Å². The topological polar surface area (TPSA) is 109 Å². The highest BCUT2D eigenvalue weighted by atomic mass is 19.1. The van der Waals surface area contributed by atoms with Crippen molar-refractivity contribution >= 4 is 17.0 Å². The van der Waals surface area contributed by atoms with Gasteiger partial charge in [0.15, 0.2) is 0 Å². The quantitative estimate of drug-likeness (QED) is 0.335. The molecule has 206 valence electrons. The Labute approximate surface area is 231 Å². The summed E-state index contributed by atoms with van der Waals surface area (Å²) in [5, 5.41) is 23.2. The van der Waals surface area contributed by atoms with E-state index in [1.165, 1.54) is 6.07 Å². The Morgan fingerprint density at radius 1 is 1.15 bits per heavy atom. The lowest BCUT2D eigenvalue weighted by atomic mass is 9.94. The van der Waals surface area contributed by atoms with E-state index < -0.39 is 5.97 Å². The van der Waals surface area contributed by atoms with E-state index in [0.717, 1.165) is 61.5 Å². The molecule has 0 aliphatic carbocycles. The Morgan fingerprint density at radius 3 is 2.67 bits per heavy atom. The van der Waals surface area contributed by atoms with Crippen molar-refractivity contribution in [1.82, 2.24) is 24.2 Å². The largest absolute Gasteiger partial charge is 0.478 e. The highest BCUT2D eigenvalue weighted by molar-refractivity contribution is 5.92. The average molecular weight is 543 g/mol. The second kappa shape index (κ2) is 11.2. The normalized spacial score (nSPS) is 18.1. The molecule has 1 atom stereocenters. The number of aromatic carboxylic acids is 1. The lowest BCUT2D eigenvalue weighted by molar-refractivity contribution is -0.0592. The maximum Gasteiger partial charge on any atom is 0.335 e. The summed E-state index contributed by atoms with van der Waals surface area (Å²) in [7, 11) is 0. The van der Waals surface area contributed by atoms with Gasteiger partial charge in [0.25, 0.3) is 0 Å². The monoisotopic (exact) mass is 542 g/mol. The van der Waals surface area contributed by atoms with E-state index in [4.69, 9.17) is 20.1 Å². The number of nitriles is 1. The molecule has 0 saturated carbocycles. The van der Waals surface area contributed by atoms with Crippen molar-refractivity contribution < 1.29 is 19.0 Å². The zero-order valence-corrected chi connectivity index (χ0v) is 22.2. The van der Waals surface area contributed by atoms with Crippen molar-refractivity contribution in [2.75, 3.05) is 19.7 Å². The number of rotatable bonds is 9. The number of piperidine rings is 1. The van der Waals surface area contributed by atoms with Crippen molar-refractivity contribution in [3.05, 3.63) is 82.7 Å². The number of fused-ring (bicyclic) bond motifs is 1. The van der Waals surface area contributed by atoms with E-state index in [2.05, 4.69) is 15.5 Å². The molecule has 2 aromatic carbocycles. The van der Waals surface area contributed by atoms with Crippen LogP contribution < -0.4 is 0 Å². The fraction of sp³-hybridized carbons (Fsp3) is 0.400. The van der Waals surface area contributed by atoms with E-state index in [0.29, 0.717) is 43.1 Å². The first kappa shape index (κ1) is 26.2. The van der Waals surface area contributed by atoms with E-state index in [1.807, 2.05) is 16.9 Å². The van der Waals surface area contributed by atoms with Gasteiger partial charge in [0, 0.05) is 25.3 Å². The SMILES string of the molecule is N#Cc1ccc(CCn2ccc(C3CCN(Cc4nc5ccc(C(=O)O)cc5n4CC4CCO4)CC3)n2)c(F)c1. The summed E-state index contributed by atoms with van der Waals surface area (Å²) < 4.78 is 23.9. The van der Waals surface area contributed by atoms with Gasteiger partial charge in [0.2, 0.25) is 0 Å². The van der Waals surface area contributed by atoms with E-state index >= 15 is 0 Å². The maximum atomic E-state index is 14.2. The lowest BCUT2D eigenvalue weighted by Crippen LogP contribution is -2.35. The fourth-order valence-corrected chi connectivity index (χ4v) is 5.62. The van der Waals surface area contributed by atoms with E-state index in [1.54, 1.807) is 30.3 Å². The molecule has 10 heteroatoms. The first-order valence-electron chi connectivity index (χ1n) is 13.7. The van der Waals surface area contributed by atoms with Gasteiger partial charge in [-0.05, 0) is 80.7 Å². The zero-order chi connectivity index (χ0) is 27.6. The van der Waals surface area contributed by atoms with Gasteiger partial charge in [0.1, 0.15) is 11.6 Å². The molecular formula is C30H31FN6O3. The predicted octanol–water partition coefficient (Wildman–Crippen LogP) is 4.35. The Bertz CT molecular complexity index is 1580.